The fourth-order valence-corrected chi connectivity index (χ4v) is 3.14. The lowest BCUT2D eigenvalue weighted by Crippen LogP contribution is -2.67. The van der Waals surface area contributed by atoms with E-state index in [0.717, 1.165) is 5.56 Å². The highest BCUT2D eigenvalue weighted by atomic mass is 16.5. The molecule has 1 saturated carbocycles. The number of benzene rings is 1. The minimum Gasteiger partial charge on any atom is -0.496 e. The first-order valence-electron chi connectivity index (χ1n) is 7.82. The summed E-state index contributed by atoms with van der Waals surface area (Å²) >= 11 is 0. The third-order valence-electron chi connectivity index (χ3n) is 4.99. The van der Waals surface area contributed by atoms with E-state index >= 15 is 0 Å². The molecule has 1 aliphatic carbocycles. The van der Waals surface area contributed by atoms with Crippen molar-refractivity contribution < 1.29 is 14.0 Å². The molecule has 0 saturated heterocycles. The van der Waals surface area contributed by atoms with E-state index in [1.807, 2.05) is 31.2 Å². The molecule has 2 N–H and O–H groups in total. The SMILES string of the molecule is CCOC1CC(N)(c2nc(-c3ccccc3OC)no2)C1(C)C. The molecular weight excluding hydrogens is 294 g/mol. The van der Waals surface area contributed by atoms with Gasteiger partial charge in [0, 0.05) is 18.4 Å². The average Bonchev–Trinajstić information content (AvgIpc) is 3.04. The average molecular weight is 317 g/mol. The molecule has 1 aromatic carbocycles. The van der Waals surface area contributed by atoms with E-state index in [1.54, 1.807) is 7.11 Å². The van der Waals surface area contributed by atoms with E-state index in [0.29, 0.717) is 30.5 Å². The van der Waals surface area contributed by atoms with Crippen molar-refractivity contribution in [1.29, 1.82) is 0 Å². The van der Waals surface area contributed by atoms with Crippen molar-refractivity contribution in [3.8, 4) is 17.1 Å². The Hall–Kier alpha value is -1.92. The summed E-state index contributed by atoms with van der Waals surface area (Å²) in [6, 6.07) is 7.56. The number of aromatic nitrogens is 2. The largest absolute Gasteiger partial charge is 0.496 e. The van der Waals surface area contributed by atoms with Crippen molar-refractivity contribution in [2.45, 2.75) is 38.8 Å². The molecule has 124 valence electrons. The van der Waals surface area contributed by atoms with Crippen LogP contribution in [-0.4, -0.2) is 30.0 Å². The van der Waals surface area contributed by atoms with Gasteiger partial charge in [0.25, 0.3) is 0 Å². The van der Waals surface area contributed by atoms with Crippen molar-refractivity contribution in [2.75, 3.05) is 13.7 Å². The van der Waals surface area contributed by atoms with Gasteiger partial charge in [0.1, 0.15) is 11.3 Å². The third kappa shape index (κ3) is 2.33. The highest BCUT2D eigenvalue weighted by molar-refractivity contribution is 5.63. The predicted molar refractivity (Wildman–Crippen MR) is 86.0 cm³/mol. The Bertz CT molecular complexity index is 698. The van der Waals surface area contributed by atoms with Gasteiger partial charge in [-0.2, -0.15) is 4.98 Å². The van der Waals surface area contributed by atoms with Crippen LogP contribution in [0.2, 0.25) is 0 Å². The van der Waals surface area contributed by atoms with Gasteiger partial charge < -0.3 is 19.7 Å². The van der Waals surface area contributed by atoms with Gasteiger partial charge in [0.05, 0.1) is 18.8 Å². The molecule has 1 aliphatic rings. The Balaban J connectivity index is 1.91. The van der Waals surface area contributed by atoms with E-state index < -0.39 is 5.54 Å². The quantitative estimate of drug-likeness (QED) is 0.913. The molecule has 23 heavy (non-hydrogen) atoms. The Morgan fingerprint density at radius 2 is 2.09 bits per heavy atom. The van der Waals surface area contributed by atoms with Crippen molar-refractivity contribution in [1.82, 2.24) is 10.1 Å². The van der Waals surface area contributed by atoms with Gasteiger partial charge in [-0.05, 0) is 19.1 Å². The molecule has 0 amide bonds. The zero-order valence-corrected chi connectivity index (χ0v) is 14.0. The minimum atomic E-state index is -0.680. The van der Waals surface area contributed by atoms with Crippen LogP contribution < -0.4 is 10.5 Å². The zero-order chi connectivity index (χ0) is 16.7. The maximum absolute atomic E-state index is 6.58. The molecule has 0 radical (unpaired) electrons. The highest BCUT2D eigenvalue weighted by Crippen LogP contribution is 2.55. The molecular formula is C17H23N3O3. The van der Waals surface area contributed by atoms with Gasteiger partial charge in [-0.15, -0.1) is 0 Å². The number of ether oxygens (including phenoxy) is 2. The lowest BCUT2D eigenvalue weighted by Gasteiger charge is -2.56. The summed E-state index contributed by atoms with van der Waals surface area (Å²) in [5, 5.41) is 4.09. The number of hydrogen-bond donors (Lipinski definition) is 1. The summed E-state index contributed by atoms with van der Waals surface area (Å²) in [4.78, 5) is 4.53. The molecule has 1 heterocycles. The third-order valence-corrected chi connectivity index (χ3v) is 4.99. The van der Waals surface area contributed by atoms with E-state index in [1.165, 1.54) is 0 Å². The fourth-order valence-electron chi connectivity index (χ4n) is 3.14. The lowest BCUT2D eigenvalue weighted by atomic mass is 9.54. The van der Waals surface area contributed by atoms with Crippen LogP contribution in [-0.2, 0) is 10.3 Å². The lowest BCUT2D eigenvalue weighted by molar-refractivity contribution is -0.162. The van der Waals surface area contributed by atoms with E-state index in [9.17, 15) is 0 Å². The summed E-state index contributed by atoms with van der Waals surface area (Å²) in [6.07, 6.45) is 0.764. The summed E-state index contributed by atoms with van der Waals surface area (Å²) in [7, 11) is 1.62. The standard InChI is InChI=1S/C17H23N3O3/c1-5-22-13-10-17(18,16(13,2)3)15-19-14(20-23-15)11-8-6-7-9-12(11)21-4/h6-9,13H,5,10,18H2,1-4H3. The van der Waals surface area contributed by atoms with Crippen molar-refractivity contribution in [3.05, 3.63) is 30.2 Å². The summed E-state index contributed by atoms with van der Waals surface area (Å²) in [5.41, 5.74) is 6.41. The van der Waals surface area contributed by atoms with E-state index in [-0.39, 0.29) is 11.5 Å². The molecule has 0 aliphatic heterocycles. The van der Waals surface area contributed by atoms with E-state index in [2.05, 4.69) is 24.0 Å². The van der Waals surface area contributed by atoms with Gasteiger partial charge in [-0.25, -0.2) is 0 Å². The van der Waals surface area contributed by atoms with Gasteiger partial charge in [-0.1, -0.05) is 31.1 Å². The van der Waals surface area contributed by atoms with Crippen LogP contribution >= 0.6 is 0 Å². The first-order chi connectivity index (χ1) is 10.9. The maximum atomic E-state index is 6.58. The minimum absolute atomic E-state index is 0.0964. The predicted octanol–water partition coefficient (Wildman–Crippen LogP) is 2.73. The van der Waals surface area contributed by atoms with Crippen molar-refractivity contribution in [2.24, 2.45) is 11.1 Å². The van der Waals surface area contributed by atoms with Crippen LogP contribution in [0.15, 0.2) is 28.8 Å². The summed E-state index contributed by atoms with van der Waals surface area (Å²) < 4.78 is 16.6. The van der Waals surface area contributed by atoms with Gasteiger partial charge in [0.2, 0.25) is 11.7 Å². The van der Waals surface area contributed by atoms with Gasteiger partial charge in [-0.3, -0.25) is 0 Å². The monoisotopic (exact) mass is 317 g/mol. The van der Waals surface area contributed by atoms with Crippen LogP contribution in [0.25, 0.3) is 11.4 Å². The molecule has 0 spiro atoms. The fraction of sp³-hybridized carbons (Fsp3) is 0.529. The number of nitrogens with zero attached hydrogens (tertiary/aromatic N) is 2. The molecule has 3 rings (SSSR count). The Kier molecular flexibility index (Phi) is 3.90. The first kappa shape index (κ1) is 16.0. The van der Waals surface area contributed by atoms with Crippen LogP contribution in [0.3, 0.4) is 0 Å². The zero-order valence-electron chi connectivity index (χ0n) is 14.0. The second-order valence-electron chi connectivity index (χ2n) is 6.46. The van der Waals surface area contributed by atoms with E-state index in [4.69, 9.17) is 19.7 Å². The van der Waals surface area contributed by atoms with Gasteiger partial charge >= 0.3 is 0 Å². The molecule has 1 aromatic heterocycles. The van der Waals surface area contributed by atoms with Crippen LogP contribution in [0.4, 0.5) is 0 Å². The van der Waals surface area contributed by atoms with Crippen LogP contribution in [0, 0.1) is 5.41 Å². The van der Waals surface area contributed by atoms with Gasteiger partial charge in [0.15, 0.2) is 0 Å². The second-order valence-corrected chi connectivity index (χ2v) is 6.46. The Labute approximate surface area is 136 Å². The normalized spacial score (nSPS) is 25.9. The molecule has 6 heteroatoms. The molecule has 2 atom stereocenters. The smallest absolute Gasteiger partial charge is 0.247 e. The summed E-state index contributed by atoms with van der Waals surface area (Å²) in [6.45, 7) is 6.80. The number of nitrogens with two attached hydrogens (primary N) is 1. The second kappa shape index (κ2) is 5.62. The Morgan fingerprint density at radius 3 is 2.74 bits per heavy atom. The Morgan fingerprint density at radius 1 is 1.35 bits per heavy atom. The molecule has 6 nitrogen and oxygen atoms in total. The first-order valence-corrected chi connectivity index (χ1v) is 7.82. The molecule has 1 fully saturated rings. The number of hydrogen-bond acceptors (Lipinski definition) is 6. The topological polar surface area (TPSA) is 83.4 Å². The highest BCUT2D eigenvalue weighted by Gasteiger charge is 2.62. The number of rotatable bonds is 5. The van der Waals surface area contributed by atoms with Crippen molar-refractivity contribution >= 4 is 0 Å². The van der Waals surface area contributed by atoms with Crippen LogP contribution in [0.1, 0.15) is 33.1 Å². The van der Waals surface area contributed by atoms with Crippen LogP contribution in [0.5, 0.6) is 5.75 Å². The number of methoxy groups -OCH3 is 1. The molecule has 2 aromatic rings. The van der Waals surface area contributed by atoms with Crippen molar-refractivity contribution in [3.63, 3.8) is 0 Å². The molecule has 0 bridgehead atoms. The number of para-hydroxylation sites is 1. The molecule has 2 unspecified atom stereocenters. The maximum Gasteiger partial charge on any atom is 0.247 e. The summed E-state index contributed by atoms with van der Waals surface area (Å²) in [5.74, 6) is 1.63.